The van der Waals surface area contributed by atoms with Crippen molar-refractivity contribution in [3.8, 4) is 0 Å². The number of carbonyl (C=O) groups is 1. The first-order chi connectivity index (χ1) is 8.70. The van der Waals surface area contributed by atoms with Crippen molar-refractivity contribution in [3.63, 3.8) is 0 Å². The number of Topliss-reactive ketones (excluding diaryl/α,β-unsaturated/α-hetero) is 1. The van der Waals surface area contributed by atoms with Crippen LogP contribution in [0.4, 0.5) is 0 Å². The third-order valence-electron chi connectivity index (χ3n) is 4.35. The fourth-order valence-corrected chi connectivity index (χ4v) is 3.16. The van der Waals surface area contributed by atoms with Gasteiger partial charge in [0.05, 0.1) is 0 Å². The molecule has 98 valence electrons. The van der Waals surface area contributed by atoms with Gasteiger partial charge in [-0.05, 0) is 31.2 Å². The van der Waals surface area contributed by atoms with E-state index in [0.29, 0.717) is 24.0 Å². The minimum atomic E-state index is 0.324. The van der Waals surface area contributed by atoms with Crippen molar-refractivity contribution in [1.29, 1.82) is 0 Å². The first kappa shape index (κ1) is 13.3. The molecule has 18 heavy (non-hydrogen) atoms. The number of rotatable bonds is 4. The van der Waals surface area contributed by atoms with Gasteiger partial charge in [0.2, 0.25) is 0 Å². The minimum Gasteiger partial charge on any atom is -0.299 e. The topological polar surface area (TPSA) is 17.1 Å². The molecule has 2 rings (SSSR count). The Kier molecular flexibility index (Phi) is 4.57. The molecule has 0 heterocycles. The third kappa shape index (κ3) is 3.22. The van der Waals surface area contributed by atoms with E-state index in [9.17, 15) is 4.79 Å². The fourth-order valence-electron chi connectivity index (χ4n) is 3.16. The maximum atomic E-state index is 12.4. The lowest BCUT2D eigenvalue weighted by molar-refractivity contribution is -0.125. The van der Waals surface area contributed by atoms with Crippen LogP contribution in [0.15, 0.2) is 24.3 Å². The van der Waals surface area contributed by atoms with Crippen LogP contribution >= 0.6 is 0 Å². The molecule has 1 aromatic carbocycles. The van der Waals surface area contributed by atoms with Crippen molar-refractivity contribution in [2.75, 3.05) is 0 Å². The third-order valence-corrected chi connectivity index (χ3v) is 4.35. The summed E-state index contributed by atoms with van der Waals surface area (Å²) in [6, 6.07) is 8.38. The molecule has 1 aliphatic rings. The molecule has 1 aromatic rings. The lowest BCUT2D eigenvalue weighted by atomic mass is 9.74. The van der Waals surface area contributed by atoms with E-state index in [1.807, 2.05) is 0 Å². The number of benzene rings is 1. The molecule has 1 aliphatic carbocycles. The Morgan fingerprint density at radius 1 is 1.17 bits per heavy atom. The maximum absolute atomic E-state index is 12.4. The predicted octanol–water partition coefficient (Wildman–Crippen LogP) is 4.32. The van der Waals surface area contributed by atoms with Crippen molar-refractivity contribution in [2.45, 2.75) is 52.4 Å². The Labute approximate surface area is 111 Å². The first-order valence-electron chi connectivity index (χ1n) is 7.29. The smallest absolute Gasteiger partial charge is 0.140 e. The number of carbonyl (C=O) groups excluding carboxylic acids is 1. The van der Waals surface area contributed by atoms with Crippen LogP contribution in [0.5, 0.6) is 0 Å². The van der Waals surface area contributed by atoms with Crippen LogP contribution in [-0.4, -0.2) is 5.78 Å². The van der Waals surface area contributed by atoms with E-state index >= 15 is 0 Å². The second-order valence-electron chi connectivity index (χ2n) is 5.69. The molecular formula is C17H24O. The zero-order chi connectivity index (χ0) is 13.0. The van der Waals surface area contributed by atoms with Gasteiger partial charge in [0.15, 0.2) is 0 Å². The van der Waals surface area contributed by atoms with Gasteiger partial charge in [-0.2, -0.15) is 0 Å². The summed E-state index contributed by atoms with van der Waals surface area (Å²) < 4.78 is 0. The van der Waals surface area contributed by atoms with Crippen LogP contribution in [0.1, 0.15) is 50.2 Å². The van der Waals surface area contributed by atoms with E-state index in [-0.39, 0.29) is 0 Å². The van der Waals surface area contributed by atoms with E-state index in [4.69, 9.17) is 0 Å². The quantitative estimate of drug-likeness (QED) is 0.770. The van der Waals surface area contributed by atoms with Gasteiger partial charge < -0.3 is 0 Å². The molecule has 0 aliphatic heterocycles. The van der Waals surface area contributed by atoms with Crippen molar-refractivity contribution in [3.05, 3.63) is 35.4 Å². The molecule has 2 unspecified atom stereocenters. The van der Waals surface area contributed by atoms with Gasteiger partial charge in [0, 0.05) is 12.3 Å². The molecule has 1 heteroatoms. The molecule has 0 amide bonds. The van der Waals surface area contributed by atoms with Gasteiger partial charge >= 0.3 is 0 Å². The summed E-state index contributed by atoms with van der Waals surface area (Å²) in [4.78, 5) is 12.4. The Hall–Kier alpha value is -1.11. The maximum Gasteiger partial charge on any atom is 0.140 e. The SMILES string of the molecule is CCC1CCCCC1C(=O)Cc1ccc(C)cc1. The monoisotopic (exact) mass is 244 g/mol. The van der Waals surface area contributed by atoms with Crippen molar-refractivity contribution >= 4 is 5.78 Å². The van der Waals surface area contributed by atoms with E-state index in [2.05, 4.69) is 38.1 Å². The van der Waals surface area contributed by atoms with Crippen LogP contribution in [0.3, 0.4) is 0 Å². The van der Waals surface area contributed by atoms with Crippen molar-refractivity contribution in [2.24, 2.45) is 11.8 Å². The normalized spacial score (nSPS) is 23.9. The zero-order valence-electron chi connectivity index (χ0n) is 11.6. The summed E-state index contributed by atoms with van der Waals surface area (Å²) >= 11 is 0. The van der Waals surface area contributed by atoms with E-state index < -0.39 is 0 Å². The van der Waals surface area contributed by atoms with Gasteiger partial charge in [0.1, 0.15) is 5.78 Å². The molecule has 0 saturated heterocycles. The molecule has 0 aromatic heterocycles. The van der Waals surface area contributed by atoms with Gasteiger partial charge in [-0.15, -0.1) is 0 Å². The number of hydrogen-bond acceptors (Lipinski definition) is 1. The molecule has 1 fully saturated rings. The Morgan fingerprint density at radius 3 is 2.50 bits per heavy atom. The second-order valence-corrected chi connectivity index (χ2v) is 5.69. The number of hydrogen-bond donors (Lipinski definition) is 0. The summed E-state index contributed by atoms with van der Waals surface area (Å²) in [6.45, 7) is 4.31. The van der Waals surface area contributed by atoms with E-state index in [0.717, 1.165) is 12.8 Å². The highest BCUT2D eigenvalue weighted by molar-refractivity contribution is 5.83. The van der Waals surface area contributed by atoms with Gasteiger partial charge in [-0.3, -0.25) is 4.79 Å². The number of ketones is 1. The summed E-state index contributed by atoms with van der Waals surface area (Å²) in [7, 11) is 0. The summed E-state index contributed by atoms with van der Waals surface area (Å²) in [5.74, 6) is 1.42. The molecular weight excluding hydrogens is 220 g/mol. The highest BCUT2D eigenvalue weighted by Crippen LogP contribution is 2.33. The average molecular weight is 244 g/mol. The number of aryl methyl sites for hydroxylation is 1. The molecule has 1 nitrogen and oxygen atoms in total. The first-order valence-corrected chi connectivity index (χ1v) is 7.29. The van der Waals surface area contributed by atoms with Crippen LogP contribution in [-0.2, 0) is 11.2 Å². The van der Waals surface area contributed by atoms with Crippen LogP contribution in [0, 0.1) is 18.8 Å². The van der Waals surface area contributed by atoms with E-state index in [1.54, 1.807) is 0 Å². The summed E-state index contributed by atoms with van der Waals surface area (Å²) in [5, 5.41) is 0. The van der Waals surface area contributed by atoms with Gasteiger partial charge in [-0.1, -0.05) is 56.0 Å². The summed E-state index contributed by atoms with van der Waals surface area (Å²) in [6.07, 6.45) is 6.70. The minimum absolute atomic E-state index is 0.324. The second kappa shape index (κ2) is 6.17. The molecule has 0 N–H and O–H groups in total. The Morgan fingerprint density at radius 2 is 1.83 bits per heavy atom. The lowest BCUT2D eigenvalue weighted by Crippen LogP contribution is -2.28. The van der Waals surface area contributed by atoms with Crippen molar-refractivity contribution in [1.82, 2.24) is 0 Å². The standard InChI is InChI=1S/C17H24O/c1-3-15-6-4-5-7-16(15)17(18)12-14-10-8-13(2)9-11-14/h8-11,15-16H,3-7,12H2,1-2H3. The molecule has 1 saturated carbocycles. The van der Waals surface area contributed by atoms with E-state index in [1.165, 1.54) is 30.4 Å². The van der Waals surface area contributed by atoms with Crippen molar-refractivity contribution < 1.29 is 4.79 Å². The van der Waals surface area contributed by atoms with Crippen LogP contribution in [0.25, 0.3) is 0 Å². The highest BCUT2D eigenvalue weighted by atomic mass is 16.1. The average Bonchev–Trinajstić information content (AvgIpc) is 2.41. The largest absolute Gasteiger partial charge is 0.299 e. The molecule has 0 bridgehead atoms. The molecule has 0 spiro atoms. The lowest BCUT2D eigenvalue weighted by Gasteiger charge is -2.29. The summed E-state index contributed by atoms with van der Waals surface area (Å²) in [5.41, 5.74) is 2.43. The Balaban J connectivity index is 2.00. The molecule has 0 radical (unpaired) electrons. The predicted molar refractivity (Wildman–Crippen MR) is 75.6 cm³/mol. The molecule has 2 atom stereocenters. The zero-order valence-corrected chi connectivity index (χ0v) is 11.6. The Bertz CT molecular complexity index is 391. The van der Waals surface area contributed by atoms with Gasteiger partial charge in [-0.25, -0.2) is 0 Å². The fraction of sp³-hybridized carbons (Fsp3) is 0.588. The highest BCUT2D eigenvalue weighted by Gasteiger charge is 2.29. The van der Waals surface area contributed by atoms with Gasteiger partial charge in [0.25, 0.3) is 0 Å². The van der Waals surface area contributed by atoms with Crippen LogP contribution < -0.4 is 0 Å². The van der Waals surface area contributed by atoms with Crippen LogP contribution in [0.2, 0.25) is 0 Å².